The lowest BCUT2D eigenvalue weighted by Crippen LogP contribution is -2.30. The summed E-state index contributed by atoms with van der Waals surface area (Å²) in [5.41, 5.74) is 0. The minimum atomic E-state index is -0.820. The summed E-state index contributed by atoms with van der Waals surface area (Å²) in [6.07, 6.45) is 65.7. The van der Waals surface area contributed by atoms with E-state index in [-0.39, 0.29) is 37.5 Å². The Morgan fingerprint density at radius 2 is 0.683 bits per heavy atom. The molecule has 0 N–H and O–H groups in total. The van der Waals surface area contributed by atoms with Crippen LogP contribution in [0.3, 0.4) is 0 Å². The maximum atomic E-state index is 12.7. The van der Waals surface area contributed by atoms with Gasteiger partial charge in [-0.05, 0) is 89.9 Å². The number of ether oxygens (including phenoxy) is 3. The first-order chi connectivity index (χ1) is 29.5. The second-order valence-electron chi connectivity index (χ2n) is 14.7. The van der Waals surface area contributed by atoms with Gasteiger partial charge in [-0.3, -0.25) is 14.4 Å². The molecular weight excluding hydrogens is 745 g/mol. The van der Waals surface area contributed by atoms with Gasteiger partial charge < -0.3 is 14.2 Å². The summed E-state index contributed by atoms with van der Waals surface area (Å²) in [7, 11) is 0. The maximum absolute atomic E-state index is 12.7. The number of carbonyl (C=O) groups is 3. The van der Waals surface area contributed by atoms with E-state index in [4.69, 9.17) is 14.2 Å². The molecular formula is C54H82O6. The molecule has 0 heterocycles. The van der Waals surface area contributed by atoms with Gasteiger partial charge in [0.25, 0.3) is 0 Å². The fraction of sp³-hybridized carbons (Fsp3) is 0.537. The minimum absolute atomic E-state index is 0.118. The van der Waals surface area contributed by atoms with Crippen molar-refractivity contribution >= 4 is 17.9 Å². The van der Waals surface area contributed by atoms with E-state index < -0.39 is 6.10 Å². The topological polar surface area (TPSA) is 78.9 Å². The number of rotatable bonds is 39. The SMILES string of the molecule is CC/C=C/C=C/C=C/C=C/C=C/CCCCCC(=O)OCC(COC(=O)CCCCCCC/C=C/C=C/C=C/CC)OC(=O)CCCCCC/C=C/C/C=C/C/C=C/CC. The maximum Gasteiger partial charge on any atom is 0.306 e. The van der Waals surface area contributed by atoms with Gasteiger partial charge in [0.15, 0.2) is 6.10 Å². The third-order valence-corrected chi connectivity index (χ3v) is 9.07. The molecule has 6 nitrogen and oxygen atoms in total. The fourth-order valence-corrected chi connectivity index (χ4v) is 5.65. The third-order valence-electron chi connectivity index (χ3n) is 9.07. The van der Waals surface area contributed by atoms with Gasteiger partial charge in [0, 0.05) is 19.3 Å². The summed E-state index contributed by atoms with van der Waals surface area (Å²) in [6, 6.07) is 0. The van der Waals surface area contributed by atoms with Gasteiger partial charge in [-0.2, -0.15) is 0 Å². The van der Waals surface area contributed by atoms with Gasteiger partial charge in [-0.15, -0.1) is 0 Å². The quantitative estimate of drug-likeness (QED) is 0.0202. The van der Waals surface area contributed by atoms with Crippen LogP contribution in [-0.2, 0) is 28.6 Å². The van der Waals surface area contributed by atoms with Gasteiger partial charge in [0.1, 0.15) is 13.2 Å². The van der Waals surface area contributed by atoms with Crippen molar-refractivity contribution in [1.82, 2.24) is 0 Å². The molecule has 0 aliphatic carbocycles. The molecule has 0 aliphatic rings. The first kappa shape index (κ1) is 55.5. The number of carbonyl (C=O) groups excluding carboxylic acids is 3. The van der Waals surface area contributed by atoms with E-state index >= 15 is 0 Å². The molecule has 0 fully saturated rings. The zero-order valence-corrected chi connectivity index (χ0v) is 37.9. The van der Waals surface area contributed by atoms with Crippen molar-refractivity contribution < 1.29 is 28.6 Å². The Morgan fingerprint density at radius 1 is 0.350 bits per heavy atom. The van der Waals surface area contributed by atoms with Crippen LogP contribution < -0.4 is 0 Å². The molecule has 0 bridgehead atoms. The second kappa shape index (κ2) is 47.2. The smallest absolute Gasteiger partial charge is 0.306 e. The van der Waals surface area contributed by atoms with Crippen molar-refractivity contribution in [2.75, 3.05) is 13.2 Å². The van der Waals surface area contributed by atoms with E-state index in [1.807, 2.05) is 54.7 Å². The molecule has 0 aromatic rings. The average Bonchev–Trinajstić information content (AvgIpc) is 3.24. The Labute approximate surface area is 366 Å². The first-order valence-corrected chi connectivity index (χ1v) is 23.3. The van der Waals surface area contributed by atoms with Crippen molar-refractivity contribution in [2.24, 2.45) is 0 Å². The van der Waals surface area contributed by atoms with Crippen molar-refractivity contribution in [3.8, 4) is 0 Å². The molecule has 6 heteroatoms. The molecule has 0 saturated heterocycles. The molecule has 1 atom stereocenters. The Balaban J connectivity index is 4.58. The lowest BCUT2D eigenvalue weighted by molar-refractivity contribution is -0.167. The Bertz CT molecular complexity index is 1370. The van der Waals surface area contributed by atoms with Gasteiger partial charge in [-0.1, -0.05) is 193 Å². The van der Waals surface area contributed by atoms with Crippen molar-refractivity contribution in [2.45, 2.75) is 175 Å². The molecule has 0 spiro atoms. The predicted molar refractivity (Wildman–Crippen MR) is 256 cm³/mol. The first-order valence-electron chi connectivity index (χ1n) is 23.3. The Hall–Kier alpha value is -4.45. The summed E-state index contributed by atoms with van der Waals surface area (Å²) in [4.78, 5) is 37.8. The van der Waals surface area contributed by atoms with Crippen molar-refractivity contribution in [3.63, 3.8) is 0 Å². The zero-order valence-electron chi connectivity index (χ0n) is 37.9. The van der Waals surface area contributed by atoms with E-state index in [2.05, 4.69) is 99.8 Å². The van der Waals surface area contributed by atoms with Crippen LogP contribution in [0, 0.1) is 0 Å². The van der Waals surface area contributed by atoms with Crippen LogP contribution in [0.4, 0.5) is 0 Å². The highest BCUT2D eigenvalue weighted by atomic mass is 16.6. The van der Waals surface area contributed by atoms with Gasteiger partial charge in [0.05, 0.1) is 0 Å². The minimum Gasteiger partial charge on any atom is -0.462 e. The molecule has 0 amide bonds. The Morgan fingerprint density at radius 3 is 1.15 bits per heavy atom. The molecule has 0 aromatic heterocycles. The normalized spacial score (nSPS) is 13.3. The van der Waals surface area contributed by atoms with Crippen LogP contribution in [0.1, 0.15) is 168 Å². The van der Waals surface area contributed by atoms with Gasteiger partial charge in [-0.25, -0.2) is 0 Å². The number of unbranched alkanes of at least 4 members (excludes halogenated alkanes) is 12. The second-order valence-corrected chi connectivity index (χ2v) is 14.7. The molecule has 60 heavy (non-hydrogen) atoms. The van der Waals surface area contributed by atoms with E-state index in [0.29, 0.717) is 12.8 Å². The summed E-state index contributed by atoms with van der Waals surface area (Å²) < 4.78 is 16.7. The van der Waals surface area contributed by atoms with Crippen molar-refractivity contribution in [3.05, 3.63) is 134 Å². The standard InChI is InChI=1S/C54H82O6/c1-4-7-10-13-16-19-22-25-27-30-32-35-38-41-44-47-53(56)59-50-51(49-58-52(55)46-43-40-37-34-31-28-24-21-18-15-12-9-6-3)60-54(57)48-45-42-39-36-33-29-26-23-20-17-14-11-8-5-2/h7-13,15-22,24-27,29-30,32,51H,4-6,14,23,28,31,33-50H2,1-3H3/b10-7+,11-8+,12-9+,16-13+,18-15+,20-17+,22-19+,24-21+,27-25+,29-26+,32-30+. The van der Waals surface area contributed by atoms with E-state index in [9.17, 15) is 14.4 Å². The van der Waals surface area contributed by atoms with E-state index in [1.165, 1.54) is 0 Å². The molecule has 1 unspecified atom stereocenters. The average molecular weight is 827 g/mol. The van der Waals surface area contributed by atoms with Crippen molar-refractivity contribution in [1.29, 1.82) is 0 Å². The highest BCUT2D eigenvalue weighted by Crippen LogP contribution is 2.12. The molecule has 0 rings (SSSR count). The molecule has 0 saturated carbocycles. The lowest BCUT2D eigenvalue weighted by atomic mass is 10.1. The summed E-state index contributed by atoms with van der Waals surface area (Å²) >= 11 is 0. The van der Waals surface area contributed by atoms with Crippen LogP contribution in [-0.4, -0.2) is 37.2 Å². The van der Waals surface area contributed by atoms with E-state index in [0.717, 1.165) is 128 Å². The Kier molecular flexibility index (Phi) is 43.7. The van der Waals surface area contributed by atoms with Crippen LogP contribution >= 0.6 is 0 Å². The molecule has 0 radical (unpaired) electrons. The van der Waals surface area contributed by atoms with Crippen LogP contribution in [0.25, 0.3) is 0 Å². The predicted octanol–water partition coefficient (Wildman–Crippen LogP) is 15.1. The monoisotopic (exact) mass is 827 g/mol. The zero-order chi connectivity index (χ0) is 43.7. The largest absolute Gasteiger partial charge is 0.462 e. The van der Waals surface area contributed by atoms with Crippen LogP contribution in [0.2, 0.25) is 0 Å². The number of esters is 3. The highest BCUT2D eigenvalue weighted by Gasteiger charge is 2.19. The number of allylic oxidation sites excluding steroid dienone is 22. The fourth-order valence-electron chi connectivity index (χ4n) is 5.65. The van der Waals surface area contributed by atoms with E-state index in [1.54, 1.807) is 0 Å². The summed E-state index contributed by atoms with van der Waals surface area (Å²) in [6.45, 7) is 6.13. The van der Waals surface area contributed by atoms with Gasteiger partial charge in [0.2, 0.25) is 0 Å². The highest BCUT2D eigenvalue weighted by molar-refractivity contribution is 5.71. The summed E-state index contributed by atoms with van der Waals surface area (Å²) in [5, 5.41) is 0. The summed E-state index contributed by atoms with van der Waals surface area (Å²) in [5.74, 6) is -1.02. The molecule has 0 aromatic carbocycles. The third kappa shape index (κ3) is 44.6. The number of hydrogen-bond donors (Lipinski definition) is 0. The van der Waals surface area contributed by atoms with Crippen LogP contribution in [0.15, 0.2) is 134 Å². The lowest BCUT2D eigenvalue weighted by Gasteiger charge is -2.18. The van der Waals surface area contributed by atoms with Gasteiger partial charge >= 0.3 is 17.9 Å². The molecule has 334 valence electrons. The number of hydrogen-bond acceptors (Lipinski definition) is 6. The van der Waals surface area contributed by atoms with Crippen LogP contribution in [0.5, 0.6) is 0 Å². The molecule has 0 aliphatic heterocycles.